The number of rotatable bonds is 5. The summed E-state index contributed by atoms with van der Waals surface area (Å²) in [5.74, 6) is -0.920. The molecule has 10 nitrogen and oxygen atoms in total. The molecule has 0 aliphatic carbocycles. The number of hydrazine groups is 1. The van der Waals surface area contributed by atoms with E-state index in [0.29, 0.717) is 11.5 Å². The van der Waals surface area contributed by atoms with E-state index in [1.54, 1.807) is 13.8 Å². The van der Waals surface area contributed by atoms with Crippen molar-refractivity contribution in [1.29, 1.82) is 0 Å². The van der Waals surface area contributed by atoms with Crippen LogP contribution in [0, 0.1) is 24.0 Å². The molecule has 3 N–H and O–H groups in total. The van der Waals surface area contributed by atoms with Gasteiger partial charge in [0.15, 0.2) is 0 Å². The van der Waals surface area contributed by atoms with Gasteiger partial charge in [-0.2, -0.15) is 0 Å². The number of nitro groups is 1. The number of furan rings is 1. The Bertz CT molecular complexity index is 905. The molecule has 1 unspecified atom stereocenters. The second kappa shape index (κ2) is 8.13. The van der Waals surface area contributed by atoms with Crippen LogP contribution in [0.3, 0.4) is 0 Å². The Balaban J connectivity index is 1.92. The maximum Gasteiger partial charge on any atom is 0.273 e. The average molecular weight is 374 g/mol. The van der Waals surface area contributed by atoms with Crippen molar-refractivity contribution in [2.24, 2.45) is 0 Å². The van der Waals surface area contributed by atoms with E-state index in [-0.39, 0.29) is 16.8 Å². The minimum absolute atomic E-state index is 0.0392. The van der Waals surface area contributed by atoms with Crippen LogP contribution in [0.5, 0.6) is 0 Å². The summed E-state index contributed by atoms with van der Waals surface area (Å²) in [7, 11) is 0. The number of hydrogen-bond acceptors (Lipinski definition) is 6. The summed E-state index contributed by atoms with van der Waals surface area (Å²) in [5, 5.41) is 13.2. The highest BCUT2D eigenvalue weighted by Gasteiger charge is 2.20. The Morgan fingerprint density at radius 3 is 2.41 bits per heavy atom. The lowest BCUT2D eigenvalue weighted by Gasteiger charge is -2.14. The second-order valence-corrected chi connectivity index (χ2v) is 5.77. The fraction of sp³-hybridized carbons (Fsp3) is 0.235. The Morgan fingerprint density at radius 1 is 1.11 bits per heavy atom. The number of amides is 3. The summed E-state index contributed by atoms with van der Waals surface area (Å²) < 4.78 is 5.24. The zero-order chi connectivity index (χ0) is 20.1. The molecule has 0 radical (unpaired) electrons. The van der Waals surface area contributed by atoms with Gasteiger partial charge in [-0.15, -0.1) is 0 Å². The highest BCUT2D eigenvalue weighted by molar-refractivity contribution is 5.99. The molecule has 0 saturated heterocycles. The molecular weight excluding hydrogens is 356 g/mol. The standard InChI is InChI=1S/C17H18N4O6/c1-9-7-14(11(3)27-9)17(24)20-19-15(22)10(2)18-16(23)12-5-4-6-13(8-12)21(25)26/h4-8,10H,1-3H3,(H,18,23)(H,19,22)(H,20,24). The third kappa shape index (κ3) is 4.91. The molecule has 2 rings (SSSR count). The predicted octanol–water partition coefficient (Wildman–Crippen LogP) is 1.38. The van der Waals surface area contributed by atoms with Crippen LogP contribution in [-0.4, -0.2) is 28.7 Å². The van der Waals surface area contributed by atoms with Crippen molar-refractivity contribution in [3.8, 4) is 0 Å². The molecule has 1 heterocycles. The van der Waals surface area contributed by atoms with Crippen LogP contribution < -0.4 is 16.2 Å². The lowest BCUT2D eigenvalue weighted by Crippen LogP contribution is -2.51. The highest BCUT2D eigenvalue weighted by Crippen LogP contribution is 2.14. The minimum Gasteiger partial charge on any atom is -0.466 e. The van der Waals surface area contributed by atoms with Crippen molar-refractivity contribution in [3.05, 3.63) is 63.1 Å². The van der Waals surface area contributed by atoms with Gasteiger partial charge < -0.3 is 9.73 Å². The molecular formula is C17H18N4O6. The number of nitro benzene ring substituents is 1. The van der Waals surface area contributed by atoms with Gasteiger partial charge in [0.2, 0.25) is 0 Å². The van der Waals surface area contributed by atoms with Crippen molar-refractivity contribution < 1.29 is 23.7 Å². The number of benzene rings is 1. The zero-order valence-electron chi connectivity index (χ0n) is 14.9. The normalized spacial score (nSPS) is 11.4. The first-order chi connectivity index (χ1) is 12.7. The smallest absolute Gasteiger partial charge is 0.273 e. The van der Waals surface area contributed by atoms with Gasteiger partial charge in [-0.25, -0.2) is 0 Å². The Labute approximate surface area is 154 Å². The van der Waals surface area contributed by atoms with Crippen molar-refractivity contribution in [2.75, 3.05) is 0 Å². The fourth-order valence-electron chi connectivity index (χ4n) is 2.26. The largest absolute Gasteiger partial charge is 0.466 e. The van der Waals surface area contributed by atoms with Crippen LogP contribution in [-0.2, 0) is 4.79 Å². The van der Waals surface area contributed by atoms with Gasteiger partial charge in [-0.05, 0) is 32.9 Å². The molecule has 27 heavy (non-hydrogen) atoms. The number of hydrogen-bond donors (Lipinski definition) is 3. The Kier molecular flexibility index (Phi) is 5.91. The number of carbonyl (C=O) groups excluding carboxylic acids is 3. The summed E-state index contributed by atoms with van der Waals surface area (Å²) in [6, 6.07) is 5.65. The molecule has 142 valence electrons. The molecule has 0 fully saturated rings. The maximum atomic E-state index is 12.1. The zero-order valence-corrected chi connectivity index (χ0v) is 14.9. The van der Waals surface area contributed by atoms with Crippen LogP contribution in [0.25, 0.3) is 0 Å². The van der Waals surface area contributed by atoms with Crippen molar-refractivity contribution in [3.63, 3.8) is 0 Å². The molecule has 0 aliphatic heterocycles. The summed E-state index contributed by atoms with van der Waals surface area (Å²) >= 11 is 0. The number of nitrogens with one attached hydrogen (secondary N) is 3. The molecule has 1 atom stereocenters. The van der Waals surface area contributed by atoms with E-state index in [1.165, 1.54) is 31.2 Å². The average Bonchev–Trinajstić information content (AvgIpc) is 2.97. The van der Waals surface area contributed by atoms with Gasteiger partial charge in [0, 0.05) is 17.7 Å². The summed E-state index contributed by atoms with van der Waals surface area (Å²) in [5.41, 5.74) is 4.51. The Hall–Kier alpha value is -3.69. The lowest BCUT2D eigenvalue weighted by atomic mass is 10.1. The van der Waals surface area contributed by atoms with E-state index in [4.69, 9.17) is 4.42 Å². The van der Waals surface area contributed by atoms with Crippen molar-refractivity contribution in [1.82, 2.24) is 16.2 Å². The topological polar surface area (TPSA) is 144 Å². The van der Waals surface area contributed by atoms with Gasteiger partial charge in [0.1, 0.15) is 17.6 Å². The van der Waals surface area contributed by atoms with Gasteiger partial charge >= 0.3 is 0 Å². The molecule has 3 amide bonds. The van der Waals surface area contributed by atoms with Crippen LogP contribution in [0.15, 0.2) is 34.7 Å². The van der Waals surface area contributed by atoms with E-state index in [2.05, 4.69) is 16.2 Å². The fourth-order valence-corrected chi connectivity index (χ4v) is 2.26. The van der Waals surface area contributed by atoms with Gasteiger partial charge in [0.25, 0.3) is 23.4 Å². The van der Waals surface area contributed by atoms with Crippen LogP contribution >= 0.6 is 0 Å². The first-order valence-electron chi connectivity index (χ1n) is 7.91. The monoisotopic (exact) mass is 374 g/mol. The van der Waals surface area contributed by atoms with E-state index >= 15 is 0 Å². The molecule has 0 spiro atoms. The van der Waals surface area contributed by atoms with E-state index in [9.17, 15) is 24.5 Å². The van der Waals surface area contributed by atoms with Crippen molar-refractivity contribution in [2.45, 2.75) is 26.8 Å². The van der Waals surface area contributed by atoms with Gasteiger partial charge in [-0.1, -0.05) is 6.07 Å². The first-order valence-corrected chi connectivity index (χ1v) is 7.91. The maximum absolute atomic E-state index is 12.1. The number of aryl methyl sites for hydroxylation is 2. The highest BCUT2D eigenvalue weighted by atomic mass is 16.6. The number of nitrogens with zero attached hydrogens (tertiary/aromatic N) is 1. The van der Waals surface area contributed by atoms with E-state index < -0.39 is 28.7 Å². The number of carbonyl (C=O) groups is 3. The first kappa shape index (κ1) is 19.6. The number of non-ortho nitro benzene ring substituents is 1. The van der Waals surface area contributed by atoms with Crippen molar-refractivity contribution >= 4 is 23.4 Å². The lowest BCUT2D eigenvalue weighted by molar-refractivity contribution is -0.384. The molecule has 2 aromatic rings. The van der Waals surface area contributed by atoms with E-state index in [0.717, 1.165) is 6.07 Å². The van der Waals surface area contributed by atoms with E-state index in [1.807, 2.05) is 0 Å². The van der Waals surface area contributed by atoms with Crippen LogP contribution in [0.2, 0.25) is 0 Å². The molecule has 0 bridgehead atoms. The molecule has 1 aromatic heterocycles. The summed E-state index contributed by atoms with van der Waals surface area (Å²) in [4.78, 5) is 46.3. The Morgan fingerprint density at radius 2 is 1.81 bits per heavy atom. The molecule has 0 saturated carbocycles. The minimum atomic E-state index is -0.996. The molecule has 10 heteroatoms. The third-order valence-electron chi connectivity index (χ3n) is 3.64. The quantitative estimate of drug-likeness (QED) is 0.533. The van der Waals surface area contributed by atoms with Gasteiger partial charge in [-0.3, -0.25) is 35.3 Å². The van der Waals surface area contributed by atoms with Gasteiger partial charge in [0.05, 0.1) is 10.5 Å². The van der Waals surface area contributed by atoms with Crippen LogP contribution in [0.4, 0.5) is 5.69 Å². The SMILES string of the molecule is Cc1cc(C(=O)NNC(=O)C(C)NC(=O)c2cccc([N+](=O)[O-])c2)c(C)o1. The second-order valence-electron chi connectivity index (χ2n) is 5.77. The molecule has 0 aliphatic rings. The summed E-state index contributed by atoms with van der Waals surface area (Å²) in [6.45, 7) is 4.71. The van der Waals surface area contributed by atoms with Crippen LogP contribution in [0.1, 0.15) is 39.2 Å². The predicted molar refractivity (Wildman–Crippen MR) is 93.8 cm³/mol. The molecule has 1 aromatic carbocycles. The summed E-state index contributed by atoms with van der Waals surface area (Å²) in [6.07, 6.45) is 0. The third-order valence-corrected chi connectivity index (χ3v) is 3.64.